The number of hydrogen-bond acceptors (Lipinski definition) is 6. The highest BCUT2D eigenvalue weighted by molar-refractivity contribution is 7.93. The van der Waals surface area contributed by atoms with E-state index in [1.54, 1.807) is 35.2 Å². The molecule has 4 rings (SSSR count). The van der Waals surface area contributed by atoms with Gasteiger partial charge in [0.15, 0.2) is 5.54 Å². The Morgan fingerprint density at radius 1 is 0.889 bits per heavy atom. The molecule has 240 valence electrons. The number of hydrogen-bond donors (Lipinski definition) is 3. The number of nitrogens with one attached hydrogen (secondary N) is 3. The van der Waals surface area contributed by atoms with Gasteiger partial charge in [0.25, 0.3) is 15.9 Å². The van der Waals surface area contributed by atoms with Gasteiger partial charge in [-0.25, -0.2) is 17.5 Å². The summed E-state index contributed by atoms with van der Waals surface area (Å²) in [6.45, 7) is 7.11. The topological polar surface area (TPSA) is 128 Å². The molecule has 3 aromatic rings. The number of carbonyl (C=O) groups excluding carboxylic acids is 3. The molecule has 4 amide bonds. The highest BCUT2D eigenvalue weighted by Gasteiger charge is 2.56. The zero-order chi connectivity index (χ0) is 32.8. The lowest BCUT2D eigenvalue weighted by Gasteiger charge is -2.31. The van der Waals surface area contributed by atoms with Crippen molar-refractivity contribution in [3.8, 4) is 0 Å². The van der Waals surface area contributed by atoms with Crippen LogP contribution in [-0.2, 0) is 25.2 Å². The maximum atomic E-state index is 14.6. The summed E-state index contributed by atoms with van der Waals surface area (Å²) in [6, 6.07) is 16.8. The molecule has 0 bridgehead atoms. The Bertz CT molecular complexity index is 1660. The summed E-state index contributed by atoms with van der Waals surface area (Å²) in [4.78, 5) is 39.8. The quantitative estimate of drug-likeness (QED) is 0.199. The molecule has 3 aromatic carbocycles. The number of carbonyl (C=O) groups is 3. The molecule has 1 aliphatic heterocycles. The summed E-state index contributed by atoms with van der Waals surface area (Å²) in [6.07, 6.45) is 2.13. The fourth-order valence-corrected chi connectivity index (χ4v) is 7.30. The van der Waals surface area contributed by atoms with Crippen molar-refractivity contribution >= 4 is 62.4 Å². The number of anilines is 2. The largest absolute Gasteiger partial charge is 0.356 e. The van der Waals surface area contributed by atoms with E-state index in [2.05, 4.69) is 16.0 Å². The highest BCUT2D eigenvalue weighted by Crippen LogP contribution is 2.49. The molecule has 0 aromatic heterocycles. The second kappa shape index (κ2) is 14.6. The third-order valence-electron chi connectivity index (χ3n) is 7.68. The van der Waals surface area contributed by atoms with Crippen LogP contribution in [0.3, 0.4) is 0 Å². The molecule has 1 atom stereocenters. The van der Waals surface area contributed by atoms with Crippen molar-refractivity contribution < 1.29 is 22.8 Å². The van der Waals surface area contributed by atoms with Crippen LogP contribution in [0.2, 0.25) is 10.0 Å². The first-order chi connectivity index (χ1) is 21.5. The monoisotopic (exact) mass is 673 g/mol. The van der Waals surface area contributed by atoms with Gasteiger partial charge >= 0.3 is 6.03 Å². The van der Waals surface area contributed by atoms with E-state index in [9.17, 15) is 22.8 Å². The fourth-order valence-electron chi connectivity index (χ4n) is 5.39. The summed E-state index contributed by atoms with van der Waals surface area (Å²) < 4.78 is 29.2. The van der Waals surface area contributed by atoms with Crippen LogP contribution in [0.25, 0.3) is 0 Å². The lowest BCUT2D eigenvalue weighted by atomic mass is 9.83. The number of benzene rings is 3. The molecule has 1 aliphatic rings. The summed E-state index contributed by atoms with van der Waals surface area (Å²) in [5, 5.41) is 9.48. The molecule has 0 saturated carbocycles. The zero-order valence-corrected chi connectivity index (χ0v) is 27.7. The number of fused-ring (bicyclic) bond motifs is 1. The van der Waals surface area contributed by atoms with Crippen LogP contribution in [0.4, 0.5) is 16.2 Å². The van der Waals surface area contributed by atoms with E-state index >= 15 is 0 Å². The van der Waals surface area contributed by atoms with Crippen molar-refractivity contribution in [3.63, 3.8) is 0 Å². The molecule has 0 saturated heterocycles. The second-order valence-corrected chi connectivity index (χ2v) is 13.2. The Morgan fingerprint density at radius 2 is 1.56 bits per heavy atom. The standard InChI is InChI=1S/C32H37Cl2N5O5S/c1-4-38(5-2)31(42)37-24-14-16-25(17-15-24)45(43,44)39-29-18-13-23(33)21-27(29)32(30(39)41,26-11-7-8-12-28(26)34)36-20-10-6-9-19-35-22(3)40/h7-8,11-18,21,36H,4-6,9-10,19-20H2,1-3H3,(H,35,40)(H,37,42). The predicted molar refractivity (Wildman–Crippen MR) is 177 cm³/mol. The average Bonchev–Trinajstić information content (AvgIpc) is 3.25. The van der Waals surface area contributed by atoms with Crippen LogP contribution in [0.15, 0.2) is 71.6 Å². The molecule has 0 radical (unpaired) electrons. The van der Waals surface area contributed by atoms with Crippen molar-refractivity contribution in [2.75, 3.05) is 35.8 Å². The minimum absolute atomic E-state index is 0.101. The van der Waals surface area contributed by atoms with Gasteiger partial charge in [-0.2, -0.15) is 0 Å². The first kappa shape index (κ1) is 34.2. The number of unbranched alkanes of at least 4 members (excludes halogenated alkanes) is 2. The molecular weight excluding hydrogens is 637 g/mol. The average molecular weight is 675 g/mol. The van der Waals surface area contributed by atoms with Gasteiger partial charge in [0.05, 0.1) is 10.6 Å². The lowest BCUT2D eigenvalue weighted by Crippen LogP contribution is -2.53. The third-order valence-corrected chi connectivity index (χ3v) is 9.95. The van der Waals surface area contributed by atoms with Crippen LogP contribution in [-0.4, -0.2) is 57.3 Å². The summed E-state index contributed by atoms with van der Waals surface area (Å²) >= 11 is 13.1. The van der Waals surface area contributed by atoms with Crippen molar-refractivity contribution in [1.82, 2.24) is 15.5 Å². The van der Waals surface area contributed by atoms with Crippen LogP contribution in [0.5, 0.6) is 0 Å². The third kappa shape index (κ3) is 7.12. The number of amides is 4. The lowest BCUT2D eigenvalue weighted by molar-refractivity contribution is -0.122. The molecule has 0 aliphatic carbocycles. The Hall–Kier alpha value is -3.64. The number of rotatable bonds is 13. The molecule has 10 nitrogen and oxygen atoms in total. The molecule has 1 heterocycles. The summed E-state index contributed by atoms with van der Waals surface area (Å²) in [5.74, 6) is -0.846. The van der Waals surface area contributed by atoms with Crippen molar-refractivity contribution in [1.29, 1.82) is 0 Å². The van der Waals surface area contributed by atoms with Gasteiger partial charge < -0.3 is 15.5 Å². The first-order valence-corrected chi connectivity index (χ1v) is 17.0. The van der Waals surface area contributed by atoms with Crippen LogP contribution in [0.1, 0.15) is 51.2 Å². The highest BCUT2D eigenvalue weighted by atomic mass is 35.5. The molecule has 1 unspecified atom stereocenters. The van der Waals surface area contributed by atoms with Crippen LogP contribution in [0, 0.1) is 0 Å². The number of nitrogens with zero attached hydrogens (tertiary/aromatic N) is 2. The SMILES string of the molecule is CCN(CC)C(=O)Nc1ccc(S(=O)(=O)N2C(=O)C(NCCCCCNC(C)=O)(c3ccccc3Cl)c3cc(Cl)ccc32)cc1. The van der Waals surface area contributed by atoms with Crippen LogP contribution >= 0.6 is 23.2 Å². The molecule has 13 heteroatoms. The van der Waals surface area contributed by atoms with Gasteiger partial charge in [0, 0.05) is 53.4 Å². The van der Waals surface area contributed by atoms with Gasteiger partial charge in [0.1, 0.15) is 0 Å². The van der Waals surface area contributed by atoms with Crippen LogP contribution < -0.4 is 20.3 Å². The normalized spacial score (nSPS) is 15.9. The van der Waals surface area contributed by atoms with Crippen molar-refractivity contribution in [2.45, 2.75) is 50.5 Å². The van der Waals surface area contributed by atoms with E-state index in [4.69, 9.17) is 23.2 Å². The Balaban J connectivity index is 1.71. The minimum Gasteiger partial charge on any atom is -0.356 e. The van der Waals surface area contributed by atoms with E-state index in [0.29, 0.717) is 54.4 Å². The maximum Gasteiger partial charge on any atom is 0.321 e. The molecule has 45 heavy (non-hydrogen) atoms. The number of halogens is 2. The van der Waals surface area contributed by atoms with Gasteiger partial charge in [-0.15, -0.1) is 0 Å². The Labute approximate surface area is 274 Å². The van der Waals surface area contributed by atoms with E-state index in [-0.39, 0.29) is 27.5 Å². The molecule has 3 N–H and O–H groups in total. The van der Waals surface area contributed by atoms with Crippen molar-refractivity contribution in [3.05, 3.63) is 87.9 Å². The van der Waals surface area contributed by atoms with Gasteiger partial charge in [-0.05, 0) is 81.8 Å². The van der Waals surface area contributed by atoms with Crippen molar-refractivity contribution in [2.24, 2.45) is 0 Å². The molecule has 0 spiro atoms. The Morgan fingerprint density at radius 3 is 2.20 bits per heavy atom. The molecule has 0 fully saturated rings. The summed E-state index contributed by atoms with van der Waals surface area (Å²) in [5.41, 5.74) is -0.331. The maximum absolute atomic E-state index is 14.6. The molecular formula is C32H37Cl2N5O5S. The van der Waals surface area contributed by atoms with E-state index in [1.165, 1.54) is 43.3 Å². The van der Waals surface area contributed by atoms with E-state index in [1.807, 2.05) is 13.8 Å². The smallest absolute Gasteiger partial charge is 0.321 e. The minimum atomic E-state index is -4.43. The predicted octanol–water partition coefficient (Wildman–Crippen LogP) is 5.74. The van der Waals surface area contributed by atoms with Gasteiger partial charge in [0.2, 0.25) is 5.91 Å². The number of sulfonamides is 1. The zero-order valence-electron chi connectivity index (χ0n) is 25.4. The first-order valence-electron chi connectivity index (χ1n) is 14.8. The van der Waals surface area contributed by atoms with Gasteiger partial charge in [-0.1, -0.05) is 47.8 Å². The van der Waals surface area contributed by atoms with E-state index in [0.717, 1.165) is 17.1 Å². The van der Waals surface area contributed by atoms with Gasteiger partial charge in [-0.3, -0.25) is 14.9 Å². The number of urea groups is 1. The fraction of sp³-hybridized carbons (Fsp3) is 0.344. The summed E-state index contributed by atoms with van der Waals surface area (Å²) in [7, 11) is -4.43. The Kier molecular flexibility index (Phi) is 11.1. The second-order valence-electron chi connectivity index (χ2n) is 10.6. The van der Waals surface area contributed by atoms with E-state index < -0.39 is 21.5 Å².